The lowest BCUT2D eigenvalue weighted by Gasteiger charge is -2.35. The summed E-state index contributed by atoms with van der Waals surface area (Å²) in [4.78, 5) is 37.1. The fourth-order valence-corrected chi connectivity index (χ4v) is 3.55. The van der Waals surface area contributed by atoms with E-state index in [1.807, 2.05) is 0 Å². The Bertz CT molecular complexity index is 997. The van der Waals surface area contributed by atoms with Gasteiger partial charge in [-0.15, -0.1) is 0 Å². The summed E-state index contributed by atoms with van der Waals surface area (Å²) >= 11 is 0. The van der Waals surface area contributed by atoms with E-state index in [0.29, 0.717) is 34.4 Å². The van der Waals surface area contributed by atoms with Gasteiger partial charge in [0.05, 0.1) is 6.54 Å². The summed E-state index contributed by atoms with van der Waals surface area (Å²) in [6.45, 7) is 0.0892. The number of likely N-dealkylation sites (N-methyl/N-ethyl adjacent to an activating group) is 1. The number of nitrogen functional groups attached to an aromatic ring is 1. The van der Waals surface area contributed by atoms with Crippen LogP contribution in [0.1, 0.15) is 34.3 Å². The van der Waals surface area contributed by atoms with Crippen molar-refractivity contribution in [3.8, 4) is 0 Å². The highest BCUT2D eigenvalue weighted by atomic mass is 19.1. The highest BCUT2D eigenvalue weighted by Crippen LogP contribution is 2.35. The van der Waals surface area contributed by atoms with E-state index >= 15 is 0 Å². The quantitative estimate of drug-likeness (QED) is 0.382. The van der Waals surface area contributed by atoms with Gasteiger partial charge in [-0.25, -0.2) is 4.39 Å². The maximum absolute atomic E-state index is 14.0. The van der Waals surface area contributed by atoms with Crippen molar-refractivity contribution < 1.29 is 23.9 Å². The zero-order valence-corrected chi connectivity index (χ0v) is 16.4. The zero-order valence-electron chi connectivity index (χ0n) is 16.4. The van der Waals surface area contributed by atoms with E-state index in [1.54, 1.807) is 18.2 Å². The molecule has 0 saturated heterocycles. The van der Waals surface area contributed by atoms with Crippen LogP contribution >= 0.6 is 0 Å². The maximum atomic E-state index is 14.0. The molecule has 1 heterocycles. The number of anilines is 2. The topological polar surface area (TPSA) is 125 Å². The molecule has 1 unspecified atom stereocenters. The molecule has 1 atom stereocenters. The molecule has 3 rings (SSSR count). The number of fused-ring (bicyclic) bond motifs is 1. The molecule has 0 fully saturated rings. The summed E-state index contributed by atoms with van der Waals surface area (Å²) in [6.07, 6.45) is 0.256. The molecular weight excluding hydrogens is 391 g/mol. The van der Waals surface area contributed by atoms with Crippen molar-refractivity contribution in [1.82, 2.24) is 10.2 Å². The summed E-state index contributed by atoms with van der Waals surface area (Å²) in [5, 5.41) is 16.4. The molecule has 2 amide bonds. The maximum Gasteiger partial charge on any atom is 0.273 e. The van der Waals surface area contributed by atoms with Gasteiger partial charge in [0.1, 0.15) is 12.1 Å². The van der Waals surface area contributed by atoms with E-state index in [4.69, 9.17) is 5.73 Å². The van der Waals surface area contributed by atoms with Gasteiger partial charge in [-0.05, 0) is 30.3 Å². The predicted octanol–water partition coefficient (Wildman–Crippen LogP) is 1.39. The number of rotatable bonds is 8. The lowest BCUT2D eigenvalue weighted by Crippen LogP contribution is -2.58. The van der Waals surface area contributed by atoms with Gasteiger partial charge in [0.2, 0.25) is 5.72 Å². The van der Waals surface area contributed by atoms with Crippen LogP contribution in [-0.4, -0.2) is 40.9 Å². The van der Waals surface area contributed by atoms with Crippen LogP contribution < -0.4 is 16.4 Å². The van der Waals surface area contributed by atoms with Crippen LogP contribution in [0, 0.1) is 5.82 Å². The number of aldehydes is 1. The van der Waals surface area contributed by atoms with Crippen molar-refractivity contribution in [2.75, 3.05) is 18.1 Å². The Kier molecular flexibility index (Phi) is 6.02. The van der Waals surface area contributed by atoms with Crippen LogP contribution in [0.3, 0.4) is 0 Å². The first-order valence-corrected chi connectivity index (χ1v) is 9.41. The van der Waals surface area contributed by atoms with Gasteiger partial charge < -0.3 is 26.3 Å². The molecule has 0 aliphatic carbocycles. The molecule has 8 nitrogen and oxygen atoms in total. The first kappa shape index (κ1) is 21.3. The second-order valence-corrected chi connectivity index (χ2v) is 7.03. The van der Waals surface area contributed by atoms with E-state index in [-0.39, 0.29) is 25.9 Å². The molecule has 0 spiro atoms. The first-order valence-electron chi connectivity index (χ1n) is 9.41. The molecule has 158 valence electrons. The lowest BCUT2D eigenvalue weighted by molar-refractivity contribution is -0.159. The minimum Gasteiger partial charge on any atom is -0.399 e. The Morgan fingerprint density at radius 2 is 2.13 bits per heavy atom. The van der Waals surface area contributed by atoms with Crippen LogP contribution in [0.25, 0.3) is 0 Å². The van der Waals surface area contributed by atoms with Gasteiger partial charge >= 0.3 is 0 Å². The summed E-state index contributed by atoms with van der Waals surface area (Å²) in [7, 11) is 1.34. The summed E-state index contributed by atoms with van der Waals surface area (Å²) in [5.74, 6) is -1.72. The van der Waals surface area contributed by atoms with Gasteiger partial charge in [-0.2, -0.15) is 0 Å². The highest BCUT2D eigenvalue weighted by molar-refractivity contribution is 6.03. The molecular formula is C21H23FN4O4. The molecule has 1 aliphatic heterocycles. The molecule has 2 aromatic rings. The Morgan fingerprint density at radius 1 is 1.37 bits per heavy atom. The largest absolute Gasteiger partial charge is 0.399 e. The third-order valence-corrected chi connectivity index (χ3v) is 5.15. The van der Waals surface area contributed by atoms with Crippen molar-refractivity contribution in [1.29, 1.82) is 0 Å². The molecule has 0 radical (unpaired) electrons. The number of hydrogen-bond donors (Lipinski definition) is 4. The van der Waals surface area contributed by atoms with E-state index in [2.05, 4.69) is 10.6 Å². The number of carbonyl (C=O) groups excluding carboxylic acids is 3. The number of nitrogens with zero attached hydrogens (tertiary/aromatic N) is 1. The average Bonchev–Trinajstić information content (AvgIpc) is 3.09. The number of amides is 2. The third kappa shape index (κ3) is 3.84. The summed E-state index contributed by atoms with van der Waals surface area (Å²) in [6, 6.07) is 9.24. The SMILES string of the molecule is CNC(=O)C(O)(CCC=O)N1Cc2c(NCc3cc(N)ccc3F)cccc2C1=O. The molecule has 0 bridgehead atoms. The van der Waals surface area contributed by atoms with Gasteiger partial charge in [-0.3, -0.25) is 14.5 Å². The fraction of sp³-hybridized carbons (Fsp3) is 0.286. The van der Waals surface area contributed by atoms with Crippen molar-refractivity contribution in [2.45, 2.75) is 31.7 Å². The molecule has 9 heteroatoms. The molecule has 1 aliphatic rings. The van der Waals surface area contributed by atoms with Crippen molar-refractivity contribution >= 4 is 29.5 Å². The van der Waals surface area contributed by atoms with Crippen LogP contribution in [0.4, 0.5) is 15.8 Å². The molecule has 5 N–H and O–H groups in total. The monoisotopic (exact) mass is 414 g/mol. The Labute approximate surface area is 172 Å². The normalized spacial score (nSPS) is 14.8. The average molecular weight is 414 g/mol. The van der Waals surface area contributed by atoms with Gasteiger partial charge in [-0.1, -0.05) is 6.07 Å². The van der Waals surface area contributed by atoms with E-state index in [0.717, 1.165) is 4.90 Å². The minimum atomic E-state index is -2.16. The number of hydrogen-bond acceptors (Lipinski definition) is 6. The van der Waals surface area contributed by atoms with Crippen molar-refractivity contribution in [3.63, 3.8) is 0 Å². The third-order valence-electron chi connectivity index (χ3n) is 5.15. The van der Waals surface area contributed by atoms with E-state index < -0.39 is 23.4 Å². The zero-order chi connectivity index (χ0) is 21.9. The molecule has 2 aromatic carbocycles. The van der Waals surface area contributed by atoms with Crippen molar-refractivity contribution in [3.05, 3.63) is 58.9 Å². The first-order chi connectivity index (χ1) is 14.3. The van der Waals surface area contributed by atoms with Crippen LogP contribution in [0.2, 0.25) is 0 Å². The number of halogens is 1. The summed E-state index contributed by atoms with van der Waals surface area (Å²) in [5.41, 5.74) is 5.80. The minimum absolute atomic E-state index is 0.0421. The predicted molar refractivity (Wildman–Crippen MR) is 109 cm³/mol. The Morgan fingerprint density at radius 3 is 2.83 bits per heavy atom. The lowest BCUT2D eigenvalue weighted by atomic mass is 10.0. The number of carbonyl (C=O) groups is 3. The summed E-state index contributed by atoms with van der Waals surface area (Å²) < 4.78 is 14.0. The number of benzene rings is 2. The van der Waals surface area contributed by atoms with Crippen LogP contribution in [0.15, 0.2) is 36.4 Å². The van der Waals surface area contributed by atoms with Crippen LogP contribution in [0.5, 0.6) is 0 Å². The molecule has 0 aromatic heterocycles. The Hall–Kier alpha value is -3.46. The van der Waals surface area contributed by atoms with Crippen LogP contribution in [-0.2, 0) is 22.7 Å². The highest BCUT2D eigenvalue weighted by Gasteiger charge is 2.47. The second kappa shape index (κ2) is 8.50. The van der Waals surface area contributed by atoms with Crippen molar-refractivity contribution in [2.24, 2.45) is 0 Å². The number of aliphatic hydroxyl groups is 1. The smallest absolute Gasteiger partial charge is 0.273 e. The molecule has 0 saturated carbocycles. The van der Waals surface area contributed by atoms with E-state index in [1.165, 1.54) is 25.2 Å². The fourth-order valence-electron chi connectivity index (χ4n) is 3.55. The molecule has 30 heavy (non-hydrogen) atoms. The number of nitrogens with two attached hydrogens (primary N) is 1. The number of nitrogens with one attached hydrogen (secondary N) is 2. The van der Waals surface area contributed by atoms with Gasteiger partial charge in [0, 0.05) is 54.5 Å². The van der Waals surface area contributed by atoms with Gasteiger partial charge in [0.25, 0.3) is 11.8 Å². The second-order valence-electron chi connectivity index (χ2n) is 7.03. The Balaban J connectivity index is 1.88. The standard InChI is InChI=1S/C21H23FN4O4/c1-24-20(29)21(30,8-3-9-27)26-12-16-15(19(26)28)4-2-5-18(16)25-11-13-10-14(23)6-7-17(13)22/h2,4-7,9-10,25,30H,3,8,11-12,23H2,1H3,(H,24,29). The van der Waals surface area contributed by atoms with E-state index in [9.17, 15) is 23.9 Å². The van der Waals surface area contributed by atoms with Gasteiger partial charge in [0.15, 0.2) is 0 Å².